The van der Waals surface area contributed by atoms with Gasteiger partial charge in [0.15, 0.2) is 11.5 Å². The van der Waals surface area contributed by atoms with Crippen LogP contribution in [0.1, 0.15) is 54.5 Å². The summed E-state index contributed by atoms with van der Waals surface area (Å²) in [6.07, 6.45) is 1.05. The summed E-state index contributed by atoms with van der Waals surface area (Å²) < 4.78 is 39.7. The number of hydrogen-bond donors (Lipinski definition) is 4. The predicted molar refractivity (Wildman–Crippen MR) is 176 cm³/mol. The van der Waals surface area contributed by atoms with Gasteiger partial charge in [0.1, 0.15) is 6.04 Å². The van der Waals surface area contributed by atoms with E-state index in [0.29, 0.717) is 17.5 Å². The first-order valence-electron chi connectivity index (χ1n) is 15.2. The minimum Gasteiger partial charge on any atom is -0.454 e. The summed E-state index contributed by atoms with van der Waals surface area (Å²) >= 11 is 0. The molecule has 0 saturated heterocycles. The zero-order valence-corrected chi connectivity index (χ0v) is 28.2. The molecule has 2 amide bonds. The summed E-state index contributed by atoms with van der Waals surface area (Å²) in [4.78, 5) is 26.5. The summed E-state index contributed by atoms with van der Waals surface area (Å²) in [5, 5.41) is 20.6. The highest BCUT2D eigenvalue weighted by Gasteiger charge is 2.37. The summed E-state index contributed by atoms with van der Waals surface area (Å²) in [5.74, 6) is 0.0241. The molecule has 0 radical (unpaired) electrons. The van der Waals surface area contributed by atoms with Crippen LogP contribution in [0.3, 0.4) is 0 Å². The first-order valence-corrected chi connectivity index (χ1v) is 16.6. The molecule has 2 aliphatic rings. The highest BCUT2D eigenvalue weighted by atomic mass is 35.5. The van der Waals surface area contributed by atoms with Crippen molar-refractivity contribution in [3.63, 3.8) is 0 Å². The Morgan fingerprint density at radius 2 is 1.69 bits per heavy atom. The lowest BCUT2D eigenvalue weighted by Crippen LogP contribution is -2.59. The average Bonchev–Trinajstić information content (AvgIpc) is 3.67. The van der Waals surface area contributed by atoms with Crippen molar-refractivity contribution in [3.8, 4) is 11.5 Å². The van der Waals surface area contributed by atoms with Crippen molar-refractivity contribution in [2.75, 3.05) is 26.4 Å². The van der Waals surface area contributed by atoms with Gasteiger partial charge in [-0.3, -0.25) is 9.59 Å². The number of carbonyl (C=O) groups excluding carboxylic acids is 2. The number of halogens is 1. The predicted octanol–water partition coefficient (Wildman–Crippen LogP) is 3.10. The molecule has 1 aliphatic carbocycles. The van der Waals surface area contributed by atoms with Crippen LogP contribution < -0.4 is 25.4 Å². The molecule has 0 spiro atoms. The second-order valence-electron chi connectivity index (χ2n) is 13.1. The monoisotopic (exact) mass is 668 g/mol. The van der Waals surface area contributed by atoms with Gasteiger partial charge in [0, 0.05) is 26.6 Å². The molecule has 3 atom stereocenters. The van der Waals surface area contributed by atoms with Gasteiger partial charge in [0.25, 0.3) is 0 Å². The number of ether oxygens (including phenoxy) is 2. The van der Waals surface area contributed by atoms with Crippen molar-refractivity contribution in [2.24, 2.45) is 11.3 Å². The number of aliphatic hydroxyl groups excluding tert-OH is 1. The van der Waals surface area contributed by atoms with Gasteiger partial charge in [0.05, 0.1) is 23.6 Å². The molecule has 2 aromatic carbocycles. The van der Waals surface area contributed by atoms with Crippen molar-refractivity contribution in [1.82, 2.24) is 20.3 Å². The zero-order valence-electron chi connectivity index (χ0n) is 26.6. The minimum absolute atomic E-state index is 0. The molecule has 0 aromatic heterocycles. The molecule has 2 aromatic rings. The Balaban J connectivity index is 0.00000368. The standard InChI is InChI=1S/C32H46N4O7S.ClH.H2/c1-21(2)18-36(44(40,41)24-13-14-27-28(16-24)43-20-42-27)19-26(37)25(15-22-9-7-6-8-10-22)34-31(39)30(32(3,4)5)35-29(38)17-33-23-11-12-23;;/h6-10,13-14,16,21,23,25-26,30,33,37H,11-12,15,17-20H2,1-5H3,(H,34,39)(H,35,38);2*1H/t25-,26+,30+;;/m0../s1. The van der Waals surface area contributed by atoms with Gasteiger partial charge in [0.2, 0.25) is 28.6 Å². The maximum absolute atomic E-state index is 13.9. The number of nitrogens with zero attached hydrogens (tertiary/aromatic N) is 1. The molecule has 1 heterocycles. The molecule has 45 heavy (non-hydrogen) atoms. The molecule has 1 aliphatic heterocycles. The van der Waals surface area contributed by atoms with Crippen LogP contribution in [-0.4, -0.2) is 80.3 Å². The van der Waals surface area contributed by atoms with Crippen LogP contribution >= 0.6 is 12.4 Å². The Labute approximate surface area is 274 Å². The molecule has 13 heteroatoms. The molecule has 0 bridgehead atoms. The van der Waals surface area contributed by atoms with Crippen LogP contribution in [0.25, 0.3) is 0 Å². The number of benzene rings is 2. The van der Waals surface area contributed by atoms with Crippen LogP contribution in [0.2, 0.25) is 0 Å². The Morgan fingerprint density at radius 1 is 1.02 bits per heavy atom. The van der Waals surface area contributed by atoms with Crippen molar-refractivity contribution >= 4 is 34.2 Å². The Kier molecular flexibility index (Phi) is 12.7. The van der Waals surface area contributed by atoms with Gasteiger partial charge in [-0.05, 0) is 48.3 Å². The van der Waals surface area contributed by atoms with Gasteiger partial charge in [-0.1, -0.05) is 65.0 Å². The molecule has 4 N–H and O–H groups in total. The number of amides is 2. The highest BCUT2D eigenvalue weighted by Crippen LogP contribution is 2.35. The Morgan fingerprint density at radius 3 is 2.31 bits per heavy atom. The second-order valence-corrected chi connectivity index (χ2v) is 15.1. The largest absolute Gasteiger partial charge is 0.454 e. The first kappa shape index (κ1) is 36.6. The zero-order chi connectivity index (χ0) is 32.1. The fraction of sp³-hybridized carbons (Fsp3) is 0.562. The van der Waals surface area contributed by atoms with E-state index in [4.69, 9.17) is 9.47 Å². The summed E-state index contributed by atoms with van der Waals surface area (Å²) in [6, 6.07) is 12.4. The maximum Gasteiger partial charge on any atom is 0.243 e. The SMILES string of the molecule is CC(C)CN(C[C@@H](O)[C@H](Cc1ccccc1)NC(=O)[C@@H](NC(=O)CNC1CC1)C(C)(C)C)S(=O)(=O)c1ccc2c(c1)OCO2.Cl.[HH]. The number of rotatable bonds is 15. The number of sulfonamides is 1. The van der Waals surface area contributed by atoms with Crippen LogP contribution in [-0.2, 0) is 26.0 Å². The van der Waals surface area contributed by atoms with Crippen LogP contribution in [0.15, 0.2) is 53.4 Å². The van der Waals surface area contributed by atoms with E-state index in [2.05, 4.69) is 16.0 Å². The maximum atomic E-state index is 13.9. The third-order valence-electron chi connectivity index (χ3n) is 7.59. The minimum atomic E-state index is -4.05. The number of nitrogens with one attached hydrogen (secondary N) is 3. The van der Waals surface area contributed by atoms with Gasteiger partial charge in [-0.15, -0.1) is 12.4 Å². The van der Waals surface area contributed by atoms with E-state index in [-0.39, 0.29) is 63.4 Å². The van der Waals surface area contributed by atoms with E-state index in [9.17, 15) is 23.1 Å². The number of aliphatic hydroxyl groups is 1. The topological polar surface area (TPSA) is 146 Å². The second kappa shape index (κ2) is 15.6. The molecular formula is C32H49ClN4O7S. The first-order chi connectivity index (χ1) is 20.7. The quantitative estimate of drug-likeness (QED) is 0.227. The van der Waals surface area contributed by atoms with E-state index < -0.39 is 39.5 Å². The highest BCUT2D eigenvalue weighted by molar-refractivity contribution is 7.89. The van der Waals surface area contributed by atoms with Gasteiger partial charge >= 0.3 is 0 Å². The van der Waals surface area contributed by atoms with E-state index >= 15 is 0 Å². The fourth-order valence-corrected chi connectivity index (χ4v) is 6.67. The molecule has 0 unspecified atom stereocenters. The van der Waals surface area contributed by atoms with Crippen molar-refractivity contribution < 1.29 is 34.0 Å². The molecule has 1 fully saturated rings. The van der Waals surface area contributed by atoms with Gasteiger partial charge < -0.3 is 30.5 Å². The molecule has 11 nitrogen and oxygen atoms in total. The Bertz CT molecular complexity index is 1400. The Hall–Kier alpha value is -2.90. The van der Waals surface area contributed by atoms with Crippen molar-refractivity contribution in [3.05, 3.63) is 54.1 Å². The lowest BCUT2D eigenvalue weighted by Gasteiger charge is -2.34. The van der Waals surface area contributed by atoms with Gasteiger partial charge in [-0.25, -0.2) is 8.42 Å². The molecular weight excluding hydrogens is 620 g/mol. The summed E-state index contributed by atoms with van der Waals surface area (Å²) in [7, 11) is -4.05. The van der Waals surface area contributed by atoms with Crippen molar-refractivity contribution in [1.29, 1.82) is 0 Å². The lowest BCUT2D eigenvalue weighted by atomic mass is 9.85. The lowest BCUT2D eigenvalue weighted by molar-refractivity contribution is -0.132. The molecule has 1 saturated carbocycles. The molecule has 252 valence electrons. The van der Waals surface area contributed by atoms with E-state index in [0.717, 1.165) is 18.4 Å². The summed E-state index contributed by atoms with van der Waals surface area (Å²) in [5.41, 5.74) is 0.226. The van der Waals surface area contributed by atoms with E-state index in [1.54, 1.807) is 6.07 Å². The molecule has 4 rings (SSSR count). The van der Waals surface area contributed by atoms with Crippen LogP contribution in [0.4, 0.5) is 0 Å². The van der Waals surface area contributed by atoms with Crippen LogP contribution in [0.5, 0.6) is 11.5 Å². The fourth-order valence-electron chi connectivity index (χ4n) is 5.03. The van der Waals surface area contributed by atoms with E-state index in [1.165, 1.54) is 16.4 Å². The van der Waals surface area contributed by atoms with Gasteiger partial charge in [-0.2, -0.15) is 4.31 Å². The number of fused-ring (bicyclic) bond motifs is 1. The number of carbonyl (C=O) groups is 2. The third-order valence-corrected chi connectivity index (χ3v) is 9.42. The average molecular weight is 669 g/mol. The van der Waals surface area contributed by atoms with Crippen LogP contribution in [0, 0.1) is 11.3 Å². The normalized spacial score (nSPS) is 16.5. The smallest absolute Gasteiger partial charge is 0.243 e. The van der Waals surface area contributed by atoms with E-state index in [1.807, 2.05) is 65.0 Å². The summed E-state index contributed by atoms with van der Waals surface area (Å²) in [6.45, 7) is 9.38. The number of hydrogen-bond acceptors (Lipinski definition) is 8. The third kappa shape index (κ3) is 10.3. The van der Waals surface area contributed by atoms with Crippen molar-refractivity contribution in [2.45, 2.75) is 83.0 Å².